The van der Waals surface area contributed by atoms with Gasteiger partial charge in [0.25, 0.3) is 0 Å². The third kappa shape index (κ3) is 4.03. The first-order valence-corrected chi connectivity index (χ1v) is 7.08. The van der Waals surface area contributed by atoms with Gasteiger partial charge in [-0.2, -0.15) is 13.2 Å². The highest BCUT2D eigenvalue weighted by molar-refractivity contribution is 9.10. The normalized spacial score (nSPS) is 16.9. The van der Waals surface area contributed by atoms with E-state index in [1.807, 2.05) is 0 Å². The number of nitrogens with zero attached hydrogens (tertiary/aromatic N) is 1. The number of carbonyl (C=O) groups is 1. The summed E-state index contributed by atoms with van der Waals surface area (Å²) in [6.07, 6.45) is -4.53. The van der Waals surface area contributed by atoms with Gasteiger partial charge in [-0.15, -0.1) is 0 Å². The van der Waals surface area contributed by atoms with E-state index in [9.17, 15) is 18.0 Å². The Morgan fingerprint density at radius 2 is 1.95 bits per heavy atom. The molecule has 0 aliphatic carbocycles. The maximum Gasteiger partial charge on any atom is 0.417 e. The van der Waals surface area contributed by atoms with Crippen LogP contribution in [0.1, 0.15) is 18.4 Å². The van der Waals surface area contributed by atoms with Gasteiger partial charge in [0, 0.05) is 30.4 Å². The van der Waals surface area contributed by atoms with Crippen molar-refractivity contribution in [3.8, 4) is 5.75 Å². The average Bonchev–Trinajstić information content (AvgIpc) is 2.37. The standard InChI is InChI=1S/C13H13BrF3NO3/c14-11-7-9(1-2-10(11)13(15,16)17)21-8-3-5-18(6-4-8)12(19)20/h1-2,7-8H,3-6H2,(H,19,20). The molecule has 0 unspecified atom stereocenters. The second-order valence-electron chi connectivity index (χ2n) is 4.73. The molecular formula is C13H13BrF3NO3. The highest BCUT2D eigenvalue weighted by Gasteiger charge is 2.33. The molecule has 0 saturated carbocycles. The summed E-state index contributed by atoms with van der Waals surface area (Å²) in [5.74, 6) is 0.337. The van der Waals surface area contributed by atoms with Crippen LogP contribution < -0.4 is 4.74 Å². The molecule has 8 heteroatoms. The van der Waals surface area contributed by atoms with Gasteiger partial charge in [0.15, 0.2) is 0 Å². The summed E-state index contributed by atoms with van der Waals surface area (Å²) in [7, 11) is 0. The molecule has 1 aliphatic rings. The van der Waals surface area contributed by atoms with Crippen LogP contribution in [0.15, 0.2) is 22.7 Å². The van der Waals surface area contributed by atoms with Gasteiger partial charge in [-0.25, -0.2) is 4.79 Å². The lowest BCUT2D eigenvalue weighted by Crippen LogP contribution is -2.41. The topological polar surface area (TPSA) is 49.8 Å². The van der Waals surface area contributed by atoms with Crippen LogP contribution in [0.2, 0.25) is 0 Å². The Kier molecular flexibility index (Phi) is 4.65. The summed E-state index contributed by atoms with van der Waals surface area (Å²) in [4.78, 5) is 12.1. The number of amides is 1. The van der Waals surface area contributed by atoms with Gasteiger partial charge in [-0.1, -0.05) is 15.9 Å². The van der Waals surface area contributed by atoms with E-state index < -0.39 is 17.8 Å². The molecule has 1 aromatic carbocycles. The largest absolute Gasteiger partial charge is 0.490 e. The van der Waals surface area contributed by atoms with E-state index in [-0.39, 0.29) is 10.6 Å². The molecule has 0 atom stereocenters. The Bertz CT molecular complexity index is 528. The second kappa shape index (κ2) is 6.13. The minimum Gasteiger partial charge on any atom is -0.490 e. The molecule has 1 fully saturated rings. The number of piperidine rings is 1. The Balaban J connectivity index is 1.99. The van der Waals surface area contributed by atoms with Crippen LogP contribution in [0, 0.1) is 0 Å². The fraction of sp³-hybridized carbons (Fsp3) is 0.462. The quantitative estimate of drug-likeness (QED) is 0.859. The predicted molar refractivity (Wildman–Crippen MR) is 72.4 cm³/mol. The van der Waals surface area contributed by atoms with Gasteiger partial charge in [-0.05, 0) is 18.2 Å². The minimum atomic E-state index is -4.41. The molecule has 0 aromatic heterocycles. The van der Waals surface area contributed by atoms with Gasteiger partial charge in [-0.3, -0.25) is 0 Å². The lowest BCUT2D eigenvalue weighted by atomic mass is 10.1. The first kappa shape index (κ1) is 15.9. The van der Waals surface area contributed by atoms with Gasteiger partial charge < -0.3 is 14.7 Å². The van der Waals surface area contributed by atoms with Gasteiger partial charge >= 0.3 is 12.3 Å². The number of rotatable bonds is 2. The van der Waals surface area contributed by atoms with Crippen LogP contribution in [-0.4, -0.2) is 35.3 Å². The van der Waals surface area contributed by atoms with E-state index >= 15 is 0 Å². The zero-order valence-electron chi connectivity index (χ0n) is 10.9. The summed E-state index contributed by atoms with van der Waals surface area (Å²) in [5.41, 5.74) is -0.754. The van der Waals surface area contributed by atoms with E-state index in [2.05, 4.69) is 15.9 Å². The third-order valence-electron chi connectivity index (χ3n) is 3.26. The number of hydrogen-bond donors (Lipinski definition) is 1. The van der Waals surface area contributed by atoms with Crippen LogP contribution in [-0.2, 0) is 6.18 Å². The second-order valence-corrected chi connectivity index (χ2v) is 5.58. The molecule has 0 spiro atoms. The Labute approximate surface area is 127 Å². The number of hydrogen-bond acceptors (Lipinski definition) is 2. The Hall–Kier alpha value is -1.44. The lowest BCUT2D eigenvalue weighted by molar-refractivity contribution is -0.138. The van der Waals surface area contributed by atoms with Crippen LogP contribution >= 0.6 is 15.9 Å². The molecule has 21 heavy (non-hydrogen) atoms. The molecule has 1 saturated heterocycles. The molecule has 1 aliphatic heterocycles. The van der Waals surface area contributed by atoms with Crippen LogP contribution in [0.4, 0.5) is 18.0 Å². The molecule has 0 radical (unpaired) electrons. The summed E-state index contributed by atoms with van der Waals surface area (Å²) in [5, 5.41) is 8.83. The van der Waals surface area contributed by atoms with Crippen LogP contribution in [0.25, 0.3) is 0 Å². The van der Waals surface area contributed by atoms with Gasteiger partial charge in [0.05, 0.1) is 5.56 Å². The summed E-state index contributed by atoms with van der Waals surface area (Å²) < 4.78 is 43.4. The third-order valence-corrected chi connectivity index (χ3v) is 3.92. The monoisotopic (exact) mass is 367 g/mol. The zero-order valence-corrected chi connectivity index (χ0v) is 12.4. The summed E-state index contributed by atoms with van der Waals surface area (Å²) >= 11 is 2.89. The number of halogens is 4. The molecule has 2 rings (SSSR count). The zero-order chi connectivity index (χ0) is 15.6. The molecule has 1 aromatic rings. The van der Waals surface area contributed by atoms with Gasteiger partial charge in [0.2, 0.25) is 0 Å². The molecule has 0 bridgehead atoms. The molecule has 1 heterocycles. The first-order chi connectivity index (χ1) is 9.77. The first-order valence-electron chi connectivity index (χ1n) is 6.28. The molecule has 1 amide bonds. The fourth-order valence-electron chi connectivity index (χ4n) is 2.16. The van der Waals surface area contributed by atoms with E-state index in [1.54, 1.807) is 0 Å². The highest BCUT2D eigenvalue weighted by Crippen LogP contribution is 2.36. The van der Waals surface area contributed by atoms with E-state index in [0.29, 0.717) is 31.7 Å². The summed E-state index contributed by atoms with van der Waals surface area (Å²) in [6, 6.07) is 3.52. The van der Waals surface area contributed by atoms with Crippen molar-refractivity contribution in [2.24, 2.45) is 0 Å². The summed E-state index contributed by atoms with van der Waals surface area (Å²) in [6.45, 7) is 0.726. The van der Waals surface area contributed by atoms with Crippen molar-refractivity contribution in [2.45, 2.75) is 25.1 Å². The van der Waals surface area contributed by atoms with Crippen LogP contribution in [0.3, 0.4) is 0 Å². The highest BCUT2D eigenvalue weighted by atomic mass is 79.9. The number of ether oxygens (including phenoxy) is 1. The number of benzene rings is 1. The van der Waals surface area contributed by atoms with E-state index in [0.717, 1.165) is 6.07 Å². The number of likely N-dealkylation sites (tertiary alicyclic amines) is 1. The Morgan fingerprint density at radius 3 is 2.43 bits per heavy atom. The lowest BCUT2D eigenvalue weighted by Gasteiger charge is -2.30. The molecule has 4 nitrogen and oxygen atoms in total. The molecule has 116 valence electrons. The average molecular weight is 368 g/mol. The van der Waals surface area contributed by atoms with Crippen molar-refractivity contribution in [3.05, 3.63) is 28.2 Å². The van der Waals surface area contributed by atoms with Crippen molar-refractivity contribution in [2.75, 3.05) is 13.1 Å². The molecule has 1 N–H and O–H groups in total. The van der Waals surface area contributed by atoms with E-state index in [1.165, 1.54) is 17.0 Å². The van der Waals surface area contributed by atoms with Crippen molar-refractivity contribution in [3.63, 3.8) is 0 Å². The van der Waals surface area contributed by atoms with Crippen molar-refractivity contribution < 1.29 is 27.8 Å². The van der Waals surface area contributed by atoms with Gasteiger partial charge in [0.1, 0.15) is 11.9 Å². The number of carboxylic acid groups (broad SMARTS) is 1. The maximum absolute atomic E-state index is 12.6. The fourth-order valence-corrected chi connectivity index (χ4v) is 2.74. The van der Waals surface area contributed by atoms with Crippen LogP contribution in [0.5, 0.6) is 5.75 Å². The number of alkyl halides is 3. The molecular weight excluding hydrogens is 355 g/mol. The van der Waals surface area contributed by atoms with E-state index in [4.69, 9.17) is 9.84 Å². The minimum absolute atomic E-state index is 0.0736. The van der Waals surface area contributed by atoms with Crippen molar-refractivity contribution >= 4 is 22.0 Å². The smallest absolute Gasteiger partial charge is 0.417 e. The van der Waals surface area contributed by atoms with Crippen molar-refractivity contribution in [1.29, 1.82) is 0 Å². The maximum atomic E-state index is 12.6. The predicted octanol–water partition coefficient (Wildman–Crippen LogP) is 3.99. The van der Waals surface area contributed by atoms with Crippen molar-refractivity contribution in [1.82, 2.24) is 4.90 Å². The Morgan fingerprint density at radius 1 is 1.33 bits per heavy atom. The SMILES string of the molecule is O=C(O)N1CCC(Oc2ccc(C(F)(F)F)c(Br)c2)CC1.